The van der Waals surface area contributed by atoms with Crippen molar-refractivity contribution in [1.29, 1.82) is 0 Å². The molecule has 5 nitrogen and oxygen atoms in total. The highest BCUT2D eigenvalue weighted by molar-refractivity contribution is 5.97. The number of benzene rings is 1. The number of aliphatic carboxylic acids is 1. The van der Waals surface area contributed by atoms with Gasteiger partial charge in [-0.2, -0.15) is 0 Å². The van der Waals surface area contributed by atoms with Gasteiger partial charge in [-0.1, -0.05) is 6.07 Å². The van der Waals surface area contributed by atoms with Crippen molar-refractivity contribution >= 4 is 11.9 Å². The minimum absolute atomic E-state index is 0.107. The van der Waals surface area contributed by atoms with Crippen molar-refractivity contribution in [3.63, 3.8) is 0 Å². The molecule has 0 saturated carbocycles. The molecule has 1 rings (SSSR count). The third-order valence-corrected chi connectivity index (χ3v) is 2.28. The van der Waals surface area contributed by atoms with Gasteiger partial charge in [-0.3, -0.25) is 9.59 Å². The van der Waals surface area contributed by atoms with E-state index in [1.54, 1.807) is 0 Å². The number of rotatable bonds is 5. The monoisotopic (exact) mass is 255 g/mol. The number of hydrogen-bond acceptors (Lipinski definition) is 3. The van der Waals surface area contributed by atoms with E-state index in [2.05, 4.69) is 5.32 Å². The molecular formula is C12H14FNO4. The van der Waals surface area contributed by atoms with Crippen LogP contribution in [0.15, 0.2) is 18.2 Å². The normalized spacial score (nSPS) is 11.7. The fraction of sp³-hybridized carbons (Fsp3) is 0.333. The maximum absolute atomic E-state index is 13.5. The van der Waals surface area contributed by atoms with Crippen LogP contribution >= 0.6 is 0 Å². The Balaban J connectivity index is 2.87. The lowest BCUT2D eigenvalue weighted by Gasteiger charge is -2.14. The molecule has 6 heteroatoms. The molecule has 98 valence electrons. The Bertz CT molecular complexity index is 461. The number of carboxylic acid groups (broad SMARTS) is 1. The molecule has 0 aromatic heterocycles. The molecule has 0 heterocycles. The zero-order chi connectivity index (χ0) is 13.7. The lowest BCUT2D eigenvalue weighted by molar-refractivity contribution is -0.137. The molecule has 1 aromatic carbocycles. The number of ether oxygens (including phenoxy) is 1. The summed E-state index contributed by atoms with van der Waals surface area (Å²) in [7, 11) is 1.33. The predicted octanol–water partition coefficient (Wildman–Crippen LogP) is 1.43. The Morgan fingerprint density at radius 3 is 2.72 bits per heavy atom. The van der Waals surface area contributed by atoms with E-state index in [-0.39, 0.29) is 17.7 Å². The zero-order valence-corrected chi connectivity index (χ0v) is 10.1. The average molecular weight is 255 g/mol. The lowest BCUT2D eigenvalue weighted by atomic mass is 10.1. The van der Waals surface area contributed by atoms with Gasteiger partial charge >= 0.3 is 5.97 Å². The van der Waals surface area contributed by atoms with Crippen LogP contribution < -0.4 is 10.1 Å². The number of amides is 1. The number of nitrogens with one attached hydrogen (secondary N) is 1. The first kappa shape index (κ1) is 14.0. The van der Waals surface area contributed by atoms with Crippen LogP contribution in [0, 0.1) is 5.82 Å². The largest absolute Gasteiger partial charge is 0.496 e. The molecule has 2 N–H and O–H groups in total. The van der Waals surface area contributed by atoms with Crippen LogP contribution in [-0.4, -0.2) is 30.1 Å². The number of carbonyl (C=O) groups is 2. The Hall–Kier alpha value is -2.11. The zero-order valence-electron chi connectivity index (χ0n) is 10.1. The molecule has 0 aliphatic heterocycles. The van der Waals surface area contributed by atoms with E-state index in [4.69, 9.17) is 9.84 Å². The molecule has 0 fully saturated rings. The maximum atomic E-state index is 13.5. The van der Waals surface area contributed by atoms with Crippen LogP contribution in [0.2, 0.25) is 0 Å². The maximum Gasteiger partial charge on any atom is 0.305 e. The molecule has 0 radical (unpaired) electrons. The Kier molecular flexibility index (Phi) is 4.65. The summed E-state index contributed by atoms with van der Waals surface area (Å²) >= 11 is 0. The van der Waals surface area contributed by atoms with Gasteiger partial charge in [-0.15, -0.1) is 0 Å². The summed E-state index contributed by atoms with van der Waals surface area (Å²) < 4.78 is 18.4. The molecule has 0 bridgehead atoms. The SMILES string of the molecule is COc1cccc(F)c1C(=O)NC(C)CC(=O)O. The first-order valence-corrected chi connectivity index (χ1v) is 5.31. The van der Waals surface area contributed by atoms with Gasteiger partial charge in [0.25, 0.3) is 5.91 Å². The van der Waals surface area contributed by atoms with E-state index in [1.165, 1.54) is 26.2 Å². The minimum Gasteiger partial charge on any atom is -0.496 e. The van der Waals surface area contributed by atoms with Gasteiger partial charge in [-0.25, -0.2) is 4.39 Å². The van der Waals surface area contributed by atoms with Crippen LogP contribution in [0.4, 0.5) is 4.39 Å². The average Bonchev–Trinajstić information content (AvgIpc) is 2.26. The van der Waals surface area contributed by atoms with Crippen LogP contribution in [0.25, 0.3) is 0 Å². The molecule has 0 spiro atoms. The molecule has 1 unspecified atom stereocenters. The molecule has 18 heavy (non-hydrogen) atoms. The Labute approximate surface area is 104 Å². The van der Waals surface area contributed by atoms with Crippen molar-refractivity contribution in [2.75, 3.05) is 7.11 Å². The van der Waals surface area contributed by atoms with Gasteiger partial charge < -0.3 is 15.2 Å². The smallest absolute Gasteiger partial charge is 0.305 e. The van der Waals surface area contributed by atoms with E-state index in [0.717, 1.165) is 6.07 Å². The first-order valence-electron chi connectivity index (χ1n) is 5.31. The molecule has 0 saturated heterocycles. The first-order chi connectivity index (χ1) is 8.45. The second-order valence-corrected chi connectivity index (χ2v) is 3.79. The number of hydrogen-bond donors (Lipinski definition) is 2. The van der Waals surface area contributed by atoms with E-state index in [0.29, 0.717) is 0 Å². The summed E-state index contributed by atoms with van der Waals surface area (Å²) in [5.41, 5.74) is -0.225. The van der Waals surface area contributed by atoms with Crippen LogP contribution in [-0.2, 0) is 4.79 Å². The number of methoxy groups -OCH3 is 1. The quantitative estimate of drug-likeness (QED) is 0.834. The highest BCUT2D eigenvalue weighted by atomic mass is 19.1. The van der Waals surface area contributed by atoms with Gasteiger partial charge in [-0.05, 0) is 19.1 Å². The fourth-order valence-corrected chi connectivity index (χ4v) is 1.50. The topological polar surface area (TPSA) is 75.6 Å². The summed E-state index contributed by atoms with van der Waals surface area (Å²) in [4.78, 5) is 22.3. The van der Waals surface area contributed by atoms with Gasteiger partial charge in [0.1, 0.15) is 17.1 Å². The second-order valence-electron chi connectivity index (χ2n) is 3.79. The summed E-state index contributed by atoms with van der Waals surface area (Å²) in [6, 6.07) is 3.42. The molecule has 1 amide bonds. The van der Waals surface area contributed by atoms with Crippen LogP contribution in [0.5, 0.6) is 5.75 Å². The van der Waals surface area contributed by atoms with Crippen molar-refractivity contribution in [2.24, 2.45) is 0 Å². The molecular weight excluding hydrogens is 241 g/mol. The summed E-state index contributed by atoms with van der Waals surface area (Å²) in [6.07, 6.45) is -0.234. The second kappa shape index (κ2) is 6.00. The van der Waals surface area contributed by atoms with Crippen molar-refractivity contribution in [1.82, 2.24) is 5.32 Å². The molecule has 0 aliphatic carbocycles. The number of carbonyl (C=O) groups excluding carboxylic acids is 1. The van der Waals surface area contributed by atoms with Crippen molar-refractivity contribution in [2.45, 2.75) is 19.4 Å². The van der Waals surface area contributed by atoms with Crippen LogP contribution in [0.1, 0.15) is 23.7 Å². The minimum atomic E-state index is -1.04. The van der Waals surface area contributed by atoms with Crippen molar-refractivity contribution in [3.8, 4) is 5.75 Å². The molecule has 0 aliphatic rings. The van der Waals surface area contributed by atoms with E-state index >= 15 is 0 Å². The fourth-order valence-electron chi connectivity index (χ4n) is 1.50. The van der Waals surface area contributed by atoms with Gasteiger partial charge in [0, 0.05) is 6.04 Å². The predicted molar refractivity (Wildman–Crippen MR) is 62.1 cm³/mol. The third kappa shape index (κ3) is 3.44. The van der Waals surface area contributed by atoms with Gasteiger partial charge in [0.15, 0.2) is 0 Å². The standard InChI is InChI=1S/C12H14FNO4/c1-7(6-10(15)16)14-12(17)11-8(13)4-3-5-9(11)18-2/h3-5,7H,6H2,1-2H3,(H,14,17)(H,15,16). The molecule has 1 aromatic rings. The highest BCUT2D eigenvalue weighted by Crippen LogP contribution is 2.21. The third-order valence-electron chi connectivity index (χ3n) is 2.28. The summed E-state index contributed by atoms with van der Waals surface area (Å²) in [6.45, 7) is 1.53. The van der Waals surface area contributed by atoms with Crippen LogP contribution in [0.3, 0.4) is 0 Å². The van der Waals surface area contributed by atoms with Crippen molar-refractivity contribution < 1.29 is 23.8 Å². The van der Waals surface area contributed by atoms with Crippen molar-refractivity contribution in [3.05, 3.63) is 29.6 Å². The summed E-state index contributed by atoms with van der Waals surface area (Å²) in [5.74, 6) is -2.34. The number of halogens is 1. The Morgan fingerprint density at radius 1 is 1.50 bits per heavy atom. The van der Waals surface area contributed by atoms with E-state index in [9.17, 15) is 14.0 Å². The lowest BCUT2D eigenvalue weighted by Crippen LogP contribution is -2.34. The van der Waals surface area contributed by atoms with E-state index in [1.807, 2.05) is 0 Å². The van der Waals surface area contributed by atoms with Gasteiger partial charge in [0.05, 0.1) is 13.5 Å². The summed E-state index contributed by atoms with van der Waals surface area (Å²) in [5, 5.41) is 11.0. The Morgan fingerprint density at radius 2 is 2.17 bits per heavy atom. The highest BCUT2D eigenvalue weighted by Gasteiger charge is 2.19. The number of carboxylic acids is 1. The van der Waals surface area contributed by atoms with E-state index < -0.39 is 23.7 Å². The molecule has 1 atom stereocenters. The van der Waals surface area contributed by atoms with Gasteiger partial charge in [0.2, 0.25) is 0 Å².